The number of hydrogen-bond acceptors (Lipinski definition) is 4. The van der Waals surface area contributed by atoms with Crippen molar-refractivity contribution in [1.82, 2.24) is 5.48 Å². The minimum absolute atomic E-state index is 0.142. The van der Waals surface area contributed by atoms with Gasteiger partial charge in [-0.25, -0.2) is 0 Å². The van der Waals surface area contributed by atoms with Crippen LogP contribution in [0.1, 0.15) is 46.5 Å². The topological polar surface area (TPSA) is 39.7 Å². The van der Waals surface area contributed by atoms with Gasteiger partial charge in [-0.3, -0.25) is 10.3 Å². The second-order valence-electron chi connectivity index (χ2n) is 6.83. The number of hydroxylamine groups is 1. The molecule has 0 unspecified atom stereocenters. The predicted octanol–water partition coefficient (Wildman–Crippen LogP) is 7.71. The summed E-state index contributed by atoms with van der Waals surface area (Å²) in [5.41, 5.74) is 3.99. The average molecular weight is 485 g/mol. The molecule has 0 aliphatic rings. The van der Waals surface area contributed by atoms with Crippen molar-refractivity contribution in [3.63, 3.8) is 0 Å². The van der Waals surface area contributed by atoms with E-state index in [4.69, 9.17) is 60.7 Å². The Balaban J connectivity index is 2.22. The first-order valence-electron chi connectivity index (χ1n) is 9.61. The molecule has 0 atom stereocenters. The molecule has 1 aromatic carbocycles. The third kappa shape index (κ3) is 12.5. The van der Waals surface area contributed by atoms with Crippen molar-refractivity contribution in [2.45, 2.75) is 46.5 Å². The lowest BCUT2D eigenvalue weighted by Crippen LogP contribution is -2.13. The van der Waals surface area contributed by atoms with E-state index in [1.807, 2.05) is 6.92 Å². The Hall–Kier alpha value is -0.780. The second-order valence-corrected chi connectivity index (χ2v) is 8.65. The van der Waals surface area contributed by atoms with Crippen molar-refractivity contribution in [1.29, 1.82) is 0 Å². The van der Waals surface area contributed by atoms with Gasteiger partial charge < -0.3 is 9.47 Å². The molecule has 8 heteroatoms. The second kappa shape index (κ2) is 15.1. The van der Waals surface area contributed by atoms with E-state index in [0.717, 1.165) is 31.4 Å². The van der Waals surface area contributed by atoms with Gasteiger partial charge in [-0.05, 0) is 38.2 Å². The lowest BCUT2D eigenvalue weighted by Gasteiger charge is -2.12. The molecule has 4 nitrogen and oxygen atoms in total. The number of unbranched alkanes of at least 4 members (excludes halogenated alkanes) is 3. The number of nitrogens with one attached hydrogen (secondary N) is 1. The van der Waals surface area contributed by atoms with Crippen molar-refractivity contribution in [2.75, 3.05) is 19.8 Å². The molecular weight excluding hydrogens is 456 g/mol. The molecule has 0 aliphatic heterocycles. The molecule has 29 heavy (non-hydrogen) atoms. The fourth-order valence-corrected chi connectivity index (χ4v) is 3.16. The maximum absolute atomic E-state index is 6.25. The van der Waals surface area contributed by atoms with Gasteiger partial charge >= 0.3 is 0 Å². The molecule has 1 N–H and O–H groups in total. The normalized spacial score (nSPS) is 11.5. The zero-order valence-electron chi connectivity index (χ0n) is 17.1. The summed E-state index contributed by atoms with van der Waals surface area (Å²) in [5, 5.41) is 0.801. The molecule has 0 saturated heterocycles. The molecule has 0 aromatic heterocycles. The maximum atomic E-state index is 6.25. The number of ether oxygens (including phenoxy) is 2. The van der Waals surface area contributed by atoms with Crippen LogP contribution in [0.3, 0.4) is 0 Å². The highest BCUT2D eigenvalue weighted by Crippen LogP contribution is 2.37. The molecule has 1 rings (SSSR count). The Morgan fingerprint density at radius 1 is 1.00 bits per heavy atom. The summed E-state index contributed by atoms with van der Waals surface area (Å²) in [6, 6.07) is 3.30. The fraction of sp³-hybridized carbons (Fsp3) is 0.524. The predicted molar refractivity (Wildman–Crippen MR) is 123 cm³/mol. The van der Waals surface area contributed by atoms with Crippen molar-refractivity contribution < 1.29 is 14.3 Å². The summed E-state index contributed by atoms with van der Waals surface area (Å²) in [6.45, 7) is 7.70. The van der Waals surface area contributed by atoms with Crippen LogP contribution in [0, 0.1) is 5.92 Å². The first-order chi connectivity index (χ1) is 13.8. The lowest BCUT2D eigenvalue weighted by atomic mass is 10.2. The Morgan fingerprint density at radius 2 is 1.62 bits per heavy atom. The SMILES string of the molecule is CC(=CC(C)C)NOCCCCCCOc1c(Cl)cc(OCC=C(Cl)Cl)cc1Cl. The van der Waals surface area contributed by atoms with E-state index < -0.39 is 0 Å². The third-order valence-corrected chi connectivity index (χ3v) is 4.53. The molecule has 0 aliphatic carbocycles. The van der Waals surface area contributed by atoms with Crippen molar-refractivity contribution >= 4 is 46.4 Å². The highest BCUT2D eigenvalue weighted by Gasteiger charge is 2.10. The van der Waals surface area contributed by atoms with E-state index >= 15 is 0 Å². The van der Waals surface area contributed by atoms with Gasteiger partial charge in [0.15, 0.2) is 5.75 Å². The minimum atomic E-state index is 0.142. The van der Waals surface area contributed by atoms with Gasteiger partial charge in [0, 0.05) is 17.8 Å². The highest BCUT2D eigenvalue weighted by molar-refractivity contribution is 6.55. The van der Waals surface area contributed by atoms with Crippen molar-refractivity contribution in [3.05, 3.63) is 44.5 Å². The summed E-state index contributed by atoms with van der Waals surface area (Å²) in [5.74, 6) is 1.49. The van der Waals surface area contributed by atoms with Gasteiger partial charge in [-0.15, -0.1) is 0 Å². The monoisotopic (exact) mass is 483 g/mol. The van der Waals surface area contributed by atoms with Crippen LogP contribution >= 0.6 is 46.4 Å². The smallest absolute Gasteiger partial charge is 0.156 e. The summed E-state index contributed by atoms with van der Waals surface area (Å²) in [7, 11) is 0. The van der Waals surface area contributed by atoms with Crippen molar-refractivity contribution in [2.24, 2.45) is 5.92 Å². The van der Waals surface area contributed by atoms with E-state index in [-0.39, 0.29) is 11.1 Å². The molecule has 0 saturated carbocycles. The van der Waals surface area contributed by atoms with E-state index in [1.54, 1.807) is 12.1 Å². The van der Waals surface area contributed by atoms with Crippen LogP contribution in [0.4, 0.5) is 0 Å². The fourth-order valence-electron chi connectivity index (χ4n) is 2.46. The summed E-state index contributed by atoms with van der Waals surface area (Å²) >= 11 is 23.6. The van der Waals surface area contributed by atoms with Crippen LogP contribution in [0.15, 0.2) is 34.5 Å². The molecule has 164 valence electrons. The first kappa shape index (κ1) is 26.3. The molecule has 0 amide bonds. The van der Waals surface area contributed by atoms with Crippen LogP contribution in [-0.4, -0.2) is 19.8 Å². The number of benzene rings is 1. The van der Waals surface area contributed by atoms with Crippen LogP contribution in [0.25, 0.3) is 0 Å². The van der Waals surface area contributed by atoms with Gasteiger partial charge in [0.25, 0.3) is 0 Å². The zero-order valence-corrected chi connectivity index (χ0v) is 20.1. The van der Waals surface area contributed by atoms with Crippen molar-refractivity contribution in [3.8, 4) is 11.5 Å². The van der Waals surface area contributed by atoms with Crippen LogP contribution in [-0.2, 0) is 4.84 Å². The Kier molecular flexibility index (Phi) is 13.7. The largest absolute Gasteiger partial charge is 0.490 e. The molecule has 0 radical (unpaired) electrons. The Morgan fingerprint density at radius 3 is 2.21 bits per heavy atom. The molecule has 1 aromatic rings. The van der Waals surface area contributed by atoms with Gasteiger partial charge in [-0.1, -0.05) is 72.7 Å². The number of rotatable bonds is 14. The third-order valence-electron chi connectivity index (χ3n) is 3.66. The minimum Gasteiger partial charge on any atom is -0.490 e. The quantitative estimate of drug-likeness (QED) is 0.217. The van der Waals surface area contributed by atoms with Gasteiger partial charge in [0.1, 0.15) is 16.8 Å². The zero-order chi connectivity index (χ0) is 21.6. The van der Waals surface area contributed by atoms with E-state index in [1.165, 1.54) is 6.08 Å². The molecule has 0 fully saturated rings. The lowest BCUT2D eigenvalue weighted by molar-refractivity contribution is 0.0592. The average Bonchev–Trinajstić information content (AvgIpc) is 2.61. The van der Waals surface area contributed by atoms with Gasteiger partial charge in [0.05, 0.1) is 23.3 Å². The first-order valence-corrected chi connectivity index (χ1v) is 11.1. The van der Waals surface area contributed by atoms with Crippen LogP contribution in [0.2, 0.25) is 10.0 Å². The molecule has 0 bridgehead atoms. The number of hydrogen-bond donors (Lipinski definition) is 1. The molecule has 0 spiro atoms. The van der Waals surface area contributed by atoms with Crippen LogP contribution in [0.5, 0.6) is 11.5 Å². The van der Waals surface area contributed by atoms with Gasteiger partial charge in [-0.2, -0.15) is 0 Å². The molecular formula is C21H29Cl4NO3. The summed E-state index contributed by atoms with van der Waals surface area (Å²) in [6.07, 6.45) is 7.63. The summed E-state index contributed by atoms with van der Waals surface area (Å²) in [4.78, 5) is 5.44. The maximum Gasteiger partial charge on any atom is 0.156 e. The highest BCUT2D eigenvalue weighted by atomic mass is 35.5. The van der Waals surface area contributed by atoms with E-state index in [2.05, 4.69) is 25.4 Å². The Labute approximate surface area is 194 Å². The summed E-state index contributed by atoms with van der Waals surface area (Å²) < 4.78 is 11.3. The van der Waals surface area contributed by atoms with E-state index in [9.17, 15) is 0 Å². The Bertz CT molecular complexity index is 651. The van der Waals surface area contributed by atoms with Gasteiger partial charge in [0.2, 0.25) is 0 Å². The number of allylic oxidation sites excluding steroid dienone is 2. The van der Waals surface area contributed by atoms with E-state index in [0.29, 0.717) is 40.7 Å². The number of halogens is 4. The van der Waals surface area contributed by atoms with Crippen LogP contribution < -0.4 is 15.0 Å². The standard InChI is InChI=1S/C21H29Cl4NO3/c1-15(2)12-16(3)26-29-10-7-5-4-6-9-28-21-18(22)13-17(14-19(21)23)27-11-8-20(24)25/h8,12-15,26H,4-7,9-11H2,1-3H3. The molecule has 0 heterocycles.